The van der Waals surface area contributed by atoms with E-state index in [0.717, 1.165) is 17.9 Å². The number of aromatic nitrogens is 2. The lowest BCUT2D eigenvalue weighted by Crippen LogP contribution is -2.25. The van der Waals surface area contributed by atoms with Crippen molar-refractivity contribution in [1.82, 2.24) is 9.97 Å². The molecule has 5 nitrogen and oxygen atoms in total. The number of rotatable bonds is 9. The van der Waals surface area contributed by atoms with E-state index < -0.39 is 0 Å². The molecule has 0 saturated heterocycles. The Morgan fingerprint density at radius 2 is 2.12 bits per heavy atom. The first-order valence-electron chi connectivity index (χ1n) is 8.43. The van der Waals surface area contributed by atoms with Crippen molar-refractivity contribution in [2.75, 3.05) is 11.1 Å². The molecule has 26 heavy (non-hydrogen) atoms. The van der Waals surface area contributed by atoms with Gasteiger partial charge in [0, 0.05) is 11.8 Å². The number of carbonyl (C=O) groups excluding carboxylic acids is 1. The van der Waals surface area contributed by atoms with E-state index in [1.165, 1.54) is 17.8 Å². The van der Waals surface area contributed by atoms with E-state index in [9.17, 15) is 9.59 Å². The van der Waals surface area contributed by atoms with Gasteiger partial charge < -0.3 is 10.3 Å². The Morgan fingerprint density at radius 1 is 1.35 bits per heavy atom. The number of para-hydroxylation sites is 1. The van der Waals surface area contributed by atoms with Crippen LogP contribution in [-0.4, -0.2) is 26.9 Å². The van der Waals surface area contributed by atoms with Crippen molar-refractivity contribution in [2.45, 2.75) is 42.8 Å². The summed E-state index contributed by atoms with van der Waals surface area (Å²) >= 11 is 9.09. The third kappa shape index (κ3) is 6.37. The number of hydrogen-bond acceptors (Lipinski definition) is 5. The molecule has 1 atom stereocenters. The van der Waals surface area contributed by atoms with Crippen molar-refractivity contribution in [2.24, 2.45) is 0 Å². The fourth-order valence-corrected chi connectivity index (χ4v) is 4.07. The topological polar surface area (TPSA) is 74.8 Å². The molecule has 0 bridgehead atoms. The van der Waals surface area contributed by atoms with Crippen LogP contribution in [0.3, 0.4) is 0 Å². The molecule has 0 fully saturated rings. The van der Waals surface area contributed by atoms with Crippen LogP contribution >= 0.6 is 35.1 Å². The van der Waals surface area contributed by atoms with Crippen molar-refractivity contribution in [3.63, 3.8) is 0 Å². The highest BCUT2D eigenvalue weighted by Gasteiger charge is 2.20. The van der Waals surface area contributed by atoms with Crippen LogP contribution in [0.25, 0.3) is 0 Å². The predicted molar refractivity (Wildman–Crippen MR) is 111 cm³/mol. The molecule has 2 N–H and O–H groups in total. The summed E-state index contributed by atoms with van der Waals surface area (Å²) in [5, 5.41) is 3.41. The Bertz CT molecular complexity index is 798. The van der Waals surface area contributed by atoms with Crippen LogP contribution in [0, 0.1) is 0 Å². The van der Waals surface area contributed by atoms with Crippen LogP contribution in [0.2, 0.25) is 5.02 Å². The summed E-state index contributed by atoms with van der Waals surface area (Å²) in [5.41, 5.74) is 1.11. The quantitative estimate of drug-likeness (QED) is 0.359. The molecule has 0 radical (unpaired) electrons. The monoisotopic (exact) mass is 411 g/mol. The minimum absolute atomic E-state index is 0.168. The van der Waals surface area contributed by atoms with E-state index >= 15 is 0 Å². The first kappa shape index (κ1) is 20.9. The van der Waals surface area contributed by atoms with Gasteiger partial charge in [0.15, 0.2) is 5.16 Å². The summed E-state index contributed by atoms with van der Waals surface area (Å²) in [5.74, 6) is 1.54. The number of halogens is 1. The molecule has 1 unspecified atom stereocenters. The fraction of sp³-hybridized carbons (Fsp3) is 0.389. The molecule has 140 valence electrons. The van der Waals surface area contributed by atoms with Crippen LogP contribution in [0.5, 0.6) is 0 Å². The number of amides is 1. The maximum atomic E-state index is 12.6. The molecule has 1 amide bonds. The van der Waals surface area contributed by atoms with Crippen LogP contribution in [0.4, 0.5) is 5.69 Å². The van der Waals surface area contributed by atoms with Crippen LogP contribution < -0.4 is 10.9 Å². The average Bonchev–Trinajstić information content (AvgIpc) is 2.61. The van der Waals surface area contributed by atoms with Crippen molar-refractivity contribution < 1.29 is 4.79 Å². The number of nitrogens with zero attached hydrogens (tertiary/aromatic N) is 1. The molecule has 1 heterocycles. The van der Waals surface area contributed by atoms with Crippen molar-refractivity contribution in [3.8, 4) is 0 Å². The summed E-state index contributed by atoms with van der Waals surface area (Å²) in [7, 11) is 0. The lowest BCUT2D eigenvalue weighted by molar-refractivity contribution is -0.115. The Balaban J connectivity index is 2.08. The van der Waals surface area contributed by atoms with Gasteiger partial charge in [0.2, 0.25) is 5.91 Å². The van der Waals surface area contributed by atoms with E-state index in [1.54, 1.807) is 30.0 Å². The Morgan fingerprint density at radius 3 is 2.81 bits per heavy atom. The van der Waals surface area contributed by atoms with Crippen molar-refractivity contribution in [3.05, 3.63) is 51.4 Å². The number of aromatic amines is 1. The molecule has 0 spiro atoms. The van der Waals surface area contributed by atoms with E-state index in [-0.39, 0.29) is 16.7 Å². The van der Waals surface area contributed by atoms with E-state index in [4.69, 9.17) is 11.6 Å². The molecule has 0 aliphatic carbocycles. The van der Waals surface area contributed by atoms with Gasteiger partial charge in [-0.1, -0.05) is 49.3 Å². The number of anilines is 1. The molecule has 0 aliphatic heterocycles. The number of carbonyl (C=O) groups is 1. The van der Waals surface area contributed by atoms with E-state index in [1.807, 2.05) is 13.0 Å². The smallest absolute Gasteiger partial charge is 0.251 e. The maximum absolute atomic E-state index is 12.6. The van der Waals surface area contributed by atoms with Crippen molar-refractivity contribution >= 4 is 46.7 Å². The summed E-state index contributed by atoms with van der Waals surface area (Å²) < 4.78 is 0. The third-order valence-electron chi connectivity index (χ3n) is 3.42. The van der Waals surface area contributed by atoms with Crippen LogP contribution in [-0.2, 0) is 10.5 Å². The van der Waals surface area contributed by atoms with Gasteiger partial charge in [0.25, 0.3) is 5.56 Å². The van der Waals surface area contributed by atoms with Crippen molar-refractivity contribution in [1.29, 1.82) is 0 Å². The Hall–Kier alpha value is -1.44. The molecule has 2 rings (SSSR count). The number of benzene rings is 1. The lowest BCUT2D eigenvalue weighted by atomic mass is 10.2. The second kappa shape index (κ2) is 10.6. The highest BCUT2D eigenvalue weighted by Crippen LogP contribution is 2.26. The summed E-state index contributed by atoms with van der Waals surface area (Å²) in [4.78, 5) is 31.6. The first-order chi connectivity index (χ1) is 12.5. The summed E-state index contributed by atoms with van der Waals surface area (Å²) in [6.45, 7) is 4.03. The van der Waals surface area contributed by atoms with Crippen LogP contribution in [0.1, 0.15) is 32.4 Å². The van der Waals surface area contributed by atoms with Gasteiger partial charge in [0.1, 0.15) is 0 Å². The normalized spacial score (nSPS) is 12.0. The second-order valence-corrected chi connectivity index (χ2v) is 8.28. The average molecular weight is 412 g/mol. The van der Waals surface area contributed by atoms with E-state index in [0.29, 0.717) is 28.0 Å². The van der Waals surface area contributed by atoms with Gasteiger partial charge in [-0.3, -0.25) is 9.59 Å². The largest absolute Gasteiger partial charge is 0.324 e. The molecule has 1 aromatic carbocycles. The molecule has 2 aromatic rings. The van der Waals surface area contributed by atoms with Crippen LogP contribution in [0.15, 0.2) is 40.3 Å². The minimum atomic E-state index is -0.382. The predicted octanol–water partition coefficient (Wildman–Crippen LogP) is 4.58. The lowest BCUT2D eigenvalue weighted by Gasteiger charge is -2.15. The maximum Gasteiger partial charge on any atom is 0.251 e. The second-order valence-electron chi connectivity index (χ2n) is 5.58. The number of nitrogens with one attached hydrogen (secondary N) is 2. The molecular weight excluding hydrogens is 390 g/mol. The van der Waals surface area contributed by atoms with E-state index in [2.05, 4.69) is 22.2 Å². The molecule has 8 heteroatoms. The third-order valence-corrected chi connectivity index (χ3v) is 6.20. The summed E-state index contributed by atoms with van der Waals surface area (Å²) in [6.07, 6.45) is 1.68. The molecular formula is C18H22ClN3O2S2. The molecule has 0 aliphatic rings. The minimum Gasteiger partial charge on any atom is -0.324 e. The number of H-pyrrole nitrogens is 1. The zero-order valence-electron chi connectivity index (χ0n) is 14.8. The highest BCUT2D eigenvalue weighted by molar-refractivity contribution is 8.00. The number of hydrogen-bond donors (Lipinski definition) is 2. The number of thioether (sulfide) groups is 2. The van der Waals surface area contributed by atoms with Gasteiger partial charge in [-0.05, 0) is 30.7 Å². The zero-order valence-corrected chi connectivity index (χ0v) is 17.1. The highest BCUT2D eigenvalue weighted by atomic mass is 35.5. The zero-order chi connectivity index (χ0) is 18.9. The fourth-order valence-electron chi connectivity index (χ4n) is 2.17. The van der Waals surface area contributed by atoms with Gasteiger partial charge in [-0.25, -0.2) is 4.98 Å². The first-order valence-corrected chi connectivity index (χ1v) is 10.8. The molecule has 1 aromatic heterocycles. The van der Waals surface area contributed by atoms with Gasteiger partial charge in [-0.15, -0.1) is 0 Å². The SMILES string of the molecule is CCCSCc1cc(=O)[nH]c(SC(CC)C(=O)Nc2ccccc2Cl)n1. The summed E-state index contributed by atoms with van der Waals surface area (Å²) in [6, 6.07) is 8.61. The van der Waals surface area contributed by atoms with Gasteiger partial charge in [-0.2, -0.15) is 11.8 Å². The molecule has 0 saturated carbocycles. The van der Waals surface area contributed by atoms with Gasteiger partial charge >= 0.3 is 0 Å². The standard InChI is InChI=1S/C18H22ClN3O2S2/c1-3-9-25-11-12-10-16(23)22-18(20-12)26-15(4-2)17(24)21-14-8-6-5-7-13(14)19/h5-8,10,15H,3-4,9,11H2,1-2H3,(H,21,24)(H,20,22,23). The Labute approximate surface area is 166 Å². The Kier molecular flexibility index (Phi) is 8.54. The van der Waals surface area contributed by atoms with Gasteiger partial charge in [0.05, 0.1) is 21.7 Å².